The SMILES string of the molecule is O=C(Oc1ccccc1)Oc1c2cc(Cl)ccc2cc2cccc(Cl)c12. The number of rotatable bonds is 2. The van der Waals surface area contributed by atoms with Gasteiger partial charge < -0.3 is 9.47 Å². The van der Waals surface area contributed by atoms with Crippen LogP contribution in [0.15, 0.2) is 72.8 Å². The van der Waals surface area contributed by atoms with Gasteiger partial charge in [-0.25, -0.2) is 4.79 Å². The van der Waals surface area contributed by atoms with Crippen molar-refractivity contribution in [2.75, 3.05) is 0 Å². The predicted octanol–water partition coefficient (Wildman–Crippen LogP) is 6.88. The van der Waals surface area contributed by atoms with Crippen LogP contribution in [0.1, 0.15) is 0 Å². The molecule has 0 heterocycles. The minimum atomic E-state index is -0.843. The van der Waals surface area contributed by atoms with Crippen molar-refractivity contribution in [3.63, 3.8) is 0 Å². The van der Waals surface area contributed by atoms with Crippen molar-refractivity contribution in [1.82, 2.24) is 0 Å². The quantitative estimate of drug-likeness (QED) is 0.215. The molecule has 0 spiro atoms. The highest BCUT2D eigenvalue weighted by molar-refractivity contribution is 6.37. The second-order valence-electron chi connectivity index (χ2n) is 5.68. The molecule has 0 aromatic heterocycles. The smallest absolute Gasteiger partial charge is 0.395 e. The summed E-state index contributed by atoms with van der Waals surface area (Å²) in [6.45, 7) is 0. The summed E-state index contributed by atoms with van der Waals surface area (Å²) in [5, 5.41) is 4.07. The number of ether oxygens (including phenoxy) is 2. The Morgan fingerprint density at radius 2 is 1.58 bits per heavy atom. The maximum Gasteiger partial charge on any atom is 0.519 e. The average Bonchev–Trinajstić information content (AvgIpc) is 2.63. The number of carbonyl (C=O) groups excluding carboxylic acids is 1. The zero-order chi connectivity index (χ0) is 18.1. The van der Waals surface area contributed by atoms with Crippen molar-refractivity contribution in [1.29, 1.82) is 0 Å². The maximum absolute atomic E-state index is 12.3. The first-order chi connectivity index (χ1) is 12.6. The second-order valence-corrected chi connectivity index (χ2v) is 6.52. The van der Waals surface area contributed by atoms with Gasteiger partial charge >= 0.3 is 6.16 Å². The fourth-order valence-electron chi connectivity index (χ4n) is 2.85. The molecule has 4 aromatic rings. The van der Waals surface area contributed by atoms with Crippen LogP contribution in [-0.2, 0) is 0 Å². The van der Waals surface area contributed by atoms with Crippen LogP contribution in [-0.4, -0.2) is 6.16 Å². The third kappa shape index (κ3) is 3.19. The molecule has 4 rings (SSSR count). The lowest BCUT2D eigenvalue weighted by molar-refractivity contribution is 0.153. The lowest BCUT2D eigenvalue weighted by Gasteiger charge is -2.13. The average molecular weight is 383 g/mol. The topological polar surface area (TPSA) is 35.5 Å². The summed E-state index contributed by atoms with van der Waals surface area (Å²) in [6.07, 6.45) is -0.843. The Hall–Kier alpha value is -2.75. The Kier molecular flexibility index (Phi) is 4.41. The fourth-order valence-corrected chi connectivity index (χ4v) is 3.29. The van der Waals surface area contributed by atoms with Crippen molar-refractivity contribution in [3.8, 4) is 11.5 Å². The number of benzene rings is 4. The fraction of sp³-hybridized carbons (Fsp3) is 0. The van der Waals surface area contributed by atoms with Crippen LogP contribution in [0.5, 0.6) is 11.5 Å². The molecule has 0 aliphatic rings. The van der Waals surface area contributed by atoms with E-state index in [1.165, 1.54) is 0 Å². The molecule has 0 unspecified atom stereocenters. The van der Waals surface area contributed by atoms with Crippen molar-refractivity contribution in [2.24, 2.45) is 0 Å². The molecule has 0 bridgehead atoms. The maximum atomic E-state index is 12.3. The van der Waals surface area contributed by atoms with Gasteiger partial charge in [-0.2, -0.15) is 0 Å². The molecule has 0 atom stereocenters. The minimum Gasteiger partial charge on any atom is -0.395 e. The van der Waals surface area contributed by atoms with Crippen LogP contribution in [0, 0.1) is 0 Å². The van der Waals surface area contributed by atoms with Gasteiger partial charge in [0.25, 0.3) is 0 Å². The zero-order valence-electron chi connectivity index (χ0n) is 13.4. The van der Waals surface area contributed by atoms with E-state index in [2.05, 4.69) is 0 Å². The summed E-state index contributed by atoms with van der Waals surface area (Å²) in [7, 11) is 0. The Balaban J connectivity index is 1.85. The van der Waals surface area contributed by atoms with E-state index in [1.54, 1.807) is 42.5 Å². The molecular weight excluding hydrogens is 371 g/mol. The Labute approximate surface area is 159 Å². The van der Waals surface area contributed by atoms with E-state index in [0.717, 1.165) is 10.8 Å². The molecule has 4 aromatic carbocycles. The van der Waals surface area contributed by atoms with Crippen LogP contribution in [0.2, 0.25) is 10.0 Å². The van der Waals surface area contributed by atoms with E-state index in [9.17, 15) is 4.79 Å². The van der Waals surface area contributed by atoms with E-state index in [0.29, 0.717) is 32.3 Å². The first-order valence-electron chi connectivity index (χ1n) is 7.87. The summed E-state index contributed by atoms with van der Waals surface area (Å²) in [4.78, 5) is 12.3. The van der Waals surface area contributed by atoms with Crippen LogP contribution >= 0.6 is 23.2 Å². The van der Waals surface area contributed by atoms with E-state index in [-0.39, 0.29) is 0 Å². The summed E-state index contributed by atoms with van der Waals surface area (Å²) < 4.78 is 10.8. The van der Waals surface area contributed by atoms with Gasteiger partial charge in [-0.3, -0.25) is 0 Å². The monoisotopic (exact) mass is 382 g/mol. The lowest BCUT2D eigenvalue weighted by atomic mass is 10.0. The second kappa shape index (κ2) is 6.87. The molecule has 0 aliphatic heterocycles. The van der Waals surface area contributed by atoms with Crippen molar-refractivity contribution in [2.45, 2.75) is 0 Å². The van der Waals surface area contributed by atoms with Gasteiger partial charge in [0, 0.05) is 15.8 Å². The number of carbonyl (C=O) groups is 1. The molecule has 0 N–H and O–H groups in total. The molecule has 0 radical (unpaired) electrons. The highest BCUT2D eigenvalue weighted by atomic mass is 35.5. The molecule has 0 fully saturated rings. The van der Waals surface area contributed by atoms with Crippen LogP contribution in [0.3, 0.4) is 0 Å². The molecule has 5 heteroatoms. The first kappa shape index (κ1) is 16.7. The van der Waals surface area contributed by atoms with Crippen molar-refractivity contribution in [3.05, 3.63) is 82.8 Å². The molecule has 0 saturated heterocycles. The number of hydrogen-bond donors (Lipinski definition) is 0. The Morgan fingerprint density at radius 1 is 0.769 bits per heavy atom. The van der Waals surface area contributed by atoms with E-state index in [1.807, 2.05) is 30.3 Å². The number of halogens is 2. The molecule has 3 nitrogen and oxygen atoms in total. The van der Waals surface area contributed by atoms with E-state index < -0.39 is 6.16 Å². The summed E-state index contributed by atoms with van der Waals surface area (Å²) >= 11 is 12.5. The van der Waals surface area contributed by atoms with Crippen molar-refractivity contribution >= 4 is 50.9 Å². The van der Waals surface area contributed by atoms with Gasteiger partial charge in [-0.1, -0.05) is 59.6 Å². The largest absolute Gasteiger partial charge is 0.519 e. The van der Waals surface area contributed by atoms with Crippen LogP contribution in [0.25, 0.3) is 21.5 Å². The molecule has 0 amide bonds. The Morgan fingerprint density at radius 3 is 2.38 bits per heavy atom. The highest BCUT2D eigenvalue weighted by Crippen LogP contribution is 2.40. The van der Waals surface area contributed by atoms with Gasteiger partial charge in [0.15, 0.2) is 5.75 Å². The first-order valence-corrected chi connectivity index (χ1v) is 8.62. The molecule has 128 valence electrons. The normalized spacial score (nSPS) is 10.8. The van der Waals surface area contributed by atoms with Crippen molar-refractivity contribution < 1.29 is 14.3 Å². The molecular formula is C21H12Cl2O3. The third-order valence-corrected chi connectivity index (χ3v) is 4.52. The molecule has 0 saturated carbocycles. The minimum absolute atomic E-state index is 0.325. The summed E-state index contributed by atoms with van der Waals surface area (Å²) in [6, 6.07) is 21.6. The molecule has 26 heavy (non-hydrogen) atoms. The van der Waals surface area contributed by atoms with Gasteiger partial charge in [0.1, 0.15) is 5.75 Å². The highest BCUT2D eigenvalue weighted by Gasteiger charge is 2.17. The lowest BCUT2D eigenvalue weighted by Crippen LogP contribution is -2.14. The van der Waals surface area contributed by atoms with E-state index >= 15 is 0 Å². The van der Waals surface area contributed by atoms with Crippen LogP contribution in [0.4, 0.5) is 4.79 Å². The van der Waals surface area contributed by atoms with Gasteiger partial charge in [0.2, 0.25) is 0 Å². The zero-order valence-corrected chi connectivity index (χ0v) is 14.9. The third-order valence-electron chi connectivity index (χ3n) is 3.97. The van der Waals surface area contributed by atoms with Crippen LogP contribution < -0.4 is 9.47 Å². The van der Waals surface area contributed by atoms with Gasteiger partial charge in [-0.15, -0.1) is 0 Å². The number of hydrogen-bond acceptors (Lipinski definition) is 3. The molecule has 0 aliphatic carbocycles. The predicted molar refractivity (Wildman–Crippen MR) is 105 cm³/mol. The Bertz CT molecular complexity index is 1120. The van der Waals surface area contributed by atoms with E-state index in [4.69, 9.17) is 32.7 Å². The number of para-hydroxylation sites is 1. The summed E-state index contributed by atoms with van der Waals surface area (Å²) in [5.41, 5.74) is 0. The number of fused-ring (bicyclic) bond motifs is 2. The summed E-state index contributed by atoms with van der Waals surface area (Å²) in [5.74, 6) is 0.720. The van der Waals surface area contributed by atoms with Gasteiger partial charge in [0.05, 0.1) is 5.02 Å². The standard InChI is InChI=1S/C21H12Cl2O3/c22-15-10-9-13-11-14-5-4-8-18(23)19(14)20(17(13)12-15)26-21(24)25-16-6-2-1-3-7-16/h1-12H. The van der Waals surface area contributed by atoms with Gasteiger partial charge in [-0.05, 0) is 47.2 Å².